The molecular weight excluding hydrogens is 200 g/mol. The van der Waals surface area contributed by atoms with E-state index in [4.69, 9.17) is 4.55 Å². The lowest BCUT2D eigenvalue weighted by atomic mass is 10.1. The van der Waals surface area contributed by atoms with E-state index in [9.17, 15) is 8.42 Å². The number of hydrogen-bond acceptors (Lipinski definition) is 2. The molecule has 1 rings (SSSR count). The van der Waals surface area contributed by atoms with Gasteiger partial charge in [0.2, 0.25) is 0 Å². The fourth-order valence-corrected chi connectivity index (χ4v) is 1.20. The highest BCUT2D eigenvalue weighted by atomic mass is 32.2. The highest BCUT2D eigenvalue weighted by Crippen LogP contribution is 2.06. The Bertz CT molecular complexity index is 335. The predicted molar refractivity (Wildman–Crippen MR) is 58.1 cm³/mol. The van der Waals surface area contributed by atoms with Crippen LogP contribution in [0.4, 0.5) is 0 Å². The molecule has 0 atom stereocenters. The van der Waals surface area contributed by atoms with Crippen LogP contribution in [0.25, 0.3) is 0 Å². The van der Waals surface area contributed by atoms with Gasteiger partial charge >= 0.3 is 0 Å². The summed E-state index contributed by atoms with van der Waals surface area (Å²) in [7, 11) is -3.67. The summed E-state index contributed by atoms with van der Waals surface area (Å²) in [4.78, 5) is 0. The van der Waals surface area contributed by atoms with Crippen molar-refractivity contribution < 1.29 is 13.0 Å². The van der Waals surface area contributed by atoms with Crippen molar-refractivity contribution in [1.82, 2.24) is 0 Å². The quantitative estimate of drug-likeness (QED) is 0.676. The minimum Gasteiger partial charge on any atom is -0.286 e. The molecule has 3 nitrogen and oxygen atoms in total. The van der Waals surface area contributed by atoms with Crippen molar-refractivity contribution in [1.29, 1.82) is 0 Å². The van der Waals surface area contributed by atoms with Gasteiger partial charge in [-0.2, -0.15) is 8.42 Å². The molecule has 80 valence electrons. The highest BCUT2D eigenvalue weighted by molar-refractivity contribution is 7.85. The molecule has 0 radical (unpaired) electrons. The second kappa shape index (κ2) is 5.12. The smallest absolute Gasteiger partial charge is 0.261 e. The molecule has 0 aliphatic heterocycles. The highest BCUT2D eigenvalue weighted by Gasteiger charge is 1.87. The number of hydrogen-bond donors (Lipinski definition) is 1. The van der Waals surface area contributed by atoms with Crippen LogP contribution < -0.4 is 0 Å². The van der Waals surface area contributed by atoms with Crippen LogP contribution in [0.5, 0.6) is 0 Å². The molecule has 0 aliphatic carbocycles. The van der Waals surface area contributed by atoms with Crippen molar-refractivity contribution >= 4 is 10.1 Å². The van der Waals surface area contributed by atoms with Gasteiger partial charge in [-0.05, 0) is 20.8 Å². The van der Waals surface area contributed by atoms with Crippen LogP contribution in [-0.4, -0.2) is 19.2 Å². The molecule has 0 unspecified atom stereocenters. The number of aryl methyl sites for hydroxylation is 3. The summed E-state index contributed by atoms with van der Waals surface area (Å²) >= 11 is 0. The van der Waals surface area contributed by atoms with Crippen LogP contribution in [0, 0.1) is 20.8 Å². The third-order valence-corrected chi connectivity index (χ3v) is 1.37. The first-order valence-corrected chi connectivity index (χ1v) is 6.00. The molecule has 0 amide bonds. The summed E-state index contributed by atoms with van der Waals surface area (Å²) in [5.41, 5.74) is 4.06. The van der Waals surface area contributed by atoms with Crippen LogP contribution >= 0.6 is 0 Å². The van der Waals surface area contributed by atoms with E-state index in [-0.39, 0.29) is 0 Å². The molecule has 0 aliphatic rings. The molecule has 0 aromatic heterocycles. The van der Waals surface area contributed by atoms with Crippen molar-refractivity contribution in [3.63, 3.8) is 0 Å². The van der Waals surface area contributed by atoms with Gasteiger partial charge in [-0.3, -0.25) is 4.55 Å². The summed E-state index contributed by atoms with van der Waals surface area (Å²) in [5.74, 6) is 0. The van der Waals surface area contributed by atoms with Gasteiger partial charge in [-0.25, -0.2) is 0 Å². The maximum atomic E-state index is 9.19. The molecule has 0 saturated heterocycles. The first-order valence-electron chi connectivity index (χ1n) is 4.16. The van der Waals surface area contributed by atoms with Crippen LogP contribution in [0.15, 0.2) is 18.2 Å². The fourth-order valence-electron chi connectivity index (χ4n) is 1.20. The number of benzene rings is 1. The van der Waals surface area contributed by atoms with Crippen molar-refractivity contribution in [3.8, 4) is 0 Å². The van der Waals surface area contributed by atoms with Crippen molar-refractivity contribution in [2.75, 3.05) is 6.26 Å². The lowest BCUT2D eigenvalue weighted by Crippen LogP contribution is -1.88. The van der Waals surface area contributed by atoms with Crippen LogP contribution in [0.1, 0.15) is 16.7 Å². The van der Waals surface area contributed by atoms with E-state index in [0.29, 0.717) is 6.26 Å². The van der Waals surface area contributed by atoms with Gasteiger partial charge < -0.3 is 0 Å². The molecule has 4 heteroatoms. The lowest BCUT2D eigenvalue weighted by Gasteiger charge is -1.96. The predicted octanol–water partition coefficient (Wildman–Crippen LogP) is 2.12. The van der Waals surface area contributed by atoms with Crippen LogP contribution in [0.2, 0.25) is 0 Å². The monoisotopic (exact) mass is 216 g/mol. The van der Waals surface area contributed by atoms with Gasteiger partial charge in [0.25, 0.3) is 10.1 Å². The van der Waals surface area contributed by atoms with Crippen molar-refractivity contribution in [3.05, 3.63) is 34.9 Å². The normalized spacial score (nSPS) is 10.4. The Morgan fingerprint density at radius 2 is 1.07 bits per heavy atom. The Kier molecular flexibility index (Phi) is 4.80. The topological polar surface area (TPSA) is 54.4 Å². The molecule has 0 fully saturated rings. The van der Waals surface area contributed by atoms with Gasteiger partial charge in [-0.1, -0.05) is 34.9 Å². The zero-order valence-corrected chi connectivity index (χ0v) is 9.72. The SMILES string of the molecule is CS(=O)(=O)O.Cc1cc(C)cc(C)c1. The average Bonchev–Trinajstić information content (AvgIpc) is 1.77. The Morgan fingerprint density at radius 1 is 0.929 bits per heavy atom. The second-order valence-corrected chi connectivity index (χ2v) is 4.86. The van der Waals surface area contributed by atoms with E-state index < -0.39 is 10.1 Å². The molecule has 0 spiro atoms. The lowest BCUT2D eigenvalue weighted by molar-refractivity contribution is 0.490. The molecule has 0 saturated carbocycles. The summed E-state index contributed by atoms with van der Waals surface area (Å²) in [5, 5.41) is 0. The first-order chi connectivity index (χ1) is 6.18. The third kappa shape index (κ3) is 9.22. The fraction of sp³-hybridized carbons (Fsp3) is 0.400. The van der Waals surface area contributed by atoms with Gasteiger partial charge in [0.1, 0.15) is 0 Å². The summed E-state index contributed by atoms with van der Waals surface area (Å²) in [6.45, 7) is 6.38. The zero-order chi connectivity index (χ0) is 11.4. The summed E-state index contributed by atoms with van der Waals surface area (Å²) in [6.07, 6.45) is 0.715. The third-order valence-electron chi connectivity index (χ3n) is 1.37. The number of rotatable bonds is 0. The van der Waals surface area contributed by atoms with Gasteiger partial charge in [0.05, 0.1) is 6.26 Å². The van der Waals surface area contributed by atoms with E-state index in [2.05, 4.69) is 39.0 Å². The molecule has 0 heterocycles. The van der Waals surface area contributed by atoms with E-state index in [1.165, 1.54) is 16.7 Å². The first kappa shape index (κ1) is 13.1. The van der Waals surface area contributed by atoms with Crippen LogP contribution in [-0.2, 0) is 10.1 Å². The molecule has 0 bridgehead atoms. The molecule has 14 heavy (non-hydrogen) atoms. The van der Waals surface area contributed by atoms with E-state index in [1.807, 2.05) is 0 Å². The summed E-state index contributed by atoms with van der Waals surface area (Å²) < 4.78 is 25.9. The molecule has 1 aromatic rings. The Hall–Kier alpha value is -0.870. The Labute approximate surface area is 85.5 Å². The van der Waals surface area contributed by atoms with Gasteiger partial charge in [-0.15, -0.1) is 0 Å². The standard InChI is InChI=1S/C9H12.CH4O3S/c1-7-4-8(2)6-9(3)5-7;1-5(2,3)4/h4-6H,1-3H3;1H3,(H,2,3,4). The maximum Gasteiger partial charge on any atom is 0.261 e. The van der Waals surface area contributed by atoms with Gasteiger partial charge in [0, 0.05) is 0 Å². The second-order valence-electron chi connectivity index (χ2n) is 3.40. The molecule has 1 aromatic carbocycles. The molecule has 1 N–H and O–H groups in total. The summed E-state index contributed by atoms with van der Waals surface area (Å²) in [6, 6.07) is 6.56. The van der Waals surface area contributed by atoms with Crippen molar-refractivity contribution in [2.24, 2.45) is 0 Å². The Morgan fingerprint density at radius 3 is 1.21 bits per heavy atom. The van der Waals surface area contributed by atoms with Crippen LogP contribution in [0.3, 0.4) is 0 Å². The minimum absolute atomic E-state index is 0.715. The van der Waals surface area contributed by atoms with E-state index >= 15 is 0 Å². The Balaban J connectivity index is 0.000000292. The van der Waals surface area contributed by atoms with Crippen molar-refractivity contribution in [2.45, 2.75) is 20.8 Å². The van der Waals surface area contributed by atoms with E-state index in [1.54, 1.807) is 0 Å². The zero-order valence-electron chi connectivity index (χ0n) is 8.90. The van der Waals surface area contributed by atoms with Gasteiger partial charge in [0.15, 0.2) is 0 Å². The maximum absolute atomic E-state index is 9.19. The minimum atomic E-state index is -3.67. The largest absolute Gasteiger partial charge is 0.286 e. The molecular formula is C10H16O3S. The van der Waals surface area contributed by atoms with E-state index in [0.717, 1.165) is 0 Å². The average molecular weight is 216 g/mol.